The summed E-state index contributed by atoms with van der Waals surface area (Å²) in [6.07, 6.45) is 6.94. The molecular formula is C23H27ClN6O2. The number of carbonyl (C=O) groups is 1. The lowest BCUT2D eigenvalue weighted by Crippen LogP contribution is -2.64. The number of hydrogen-bond donors (Lipinski definition) is 2. The number of nitrogens with one attached hydrogen (secondary N) is 1. The van der Waals surface area contributed by atoms with Gasteiger partial charge in [0.05, 0.1) is 11.9 Å². The minimum atomic E-state index is 0.00637. The fourth-order valence-corrected chi connectivity index (χ4v) is 4.80. The van der Waals surface area contributed by atoms with Crippen LogP contribution in [-0.4, -0.2) is 76.1 Å². The molecule has 2 N–H and O–H groups in total. The Balaban J connectivity index is 1.26. The number of piperazine rings is 1. The monoisotopic (exact) mass is 454 g/mol. The molecule has 0 bridgehead atoms. The van der Waals surface area contributed by atoms with Crippen molar-refractivity contribution in [2.45, 2.75) is 24.8 Å². The van der Waals surface area contributed by atoms with Crippen LogP contribution in [-0.2, 0) is 4.79 Å². The van der Waals surface area contributed by atoms with Gasteiger partial charge in [-0.3, -0.25) is 9.69 Å². The molecule has 0 spiro atoms. The van der Waals surface area contributed by atoms with E-state index >= 15 is 0 Å². The number of anilines is 3. The van der Waals surface area contributed by atoms with Crippen LogP contribution in [0, 0.1) is 0 Å². The average molecular weight is 455 g/mol. The van der Waals surface area contributed by atoms with E-state index in [0.29, 0.717) is 22.7 Å². The van der Waals surface area contributed by atoms with Gasteiger partial charge in [-0.05, 0) is 36.5 Å². The van der Waals surface area contributed by atoms with Gasteiger partial charge < -0.3 is 20.2 Å². The fraction of sp³-hybridized carbons (Fsp3) is 0.435. The SMILES string of the molecule is C=CC(=O)N1CC(N2CCN(c3ncncc3Nc3cc(C4CC4)c(Cl)cc3O)CC2)C1. The molecule has 1 saturated carbocycles. The maximum absolute atomic E-state index is 11.7. The van der Waals surface area contributed by atoms with E-state index in [4.69, 9.17) is 11.6 Å². The van der Waals surface area contributed by atoms with E-state index in [1.807, 2.05) is 11.0 Å². The molecule has 2 aliphatic heterocycles. The number of carbonyl (C=O) groups excluding carboxylic acids is 1. The number of rotatable bonds is 6. The van der Waals surface area contributed by atoms with E-state index in [0.717, 1.165) is 69.2 Å². The highest BCUT2D eigenvalue weighted by Crippen LogP contribution is 2.46. The number of phenolic OH excluding ortho intramolecular Hbond substituents is 1. The van der Waals surface area contributed by atoms with Crippen molar-refractivity contribution in [3.63, 3.8) is 0 Å². The van der Waals surface area contributed by atoms with Crippen LogP contribution in [0.25, 0.3) is 0 Å². The molecule has 9 heteroatoms. The third-order valence-corrected chi connectivity index (χ3v) is 6.90. The quantitative estimate of drug-likeness (QED) is 0.512. The number of likely N-dealkylation sites (tertiary alicyclic amines) is 1. The first-order valence-electron chi connectivity index (χ1n) is 11.0. The highest BCUT2D eigenvalue weighted by Gasteiger charge is 2.35. The molecule has 3 aliphatic rings. The normalized spacial score (nSPS) is 19.5. The van der Waals surface area contributed by atoms with Gasteiger partial charge >= 0.3 is 0 Å². The number of amides is 1. The zero-order valence-electron chi connectivity index (χ0n) is 17.9. The smallest absolute Gasteiger partial charge is 0.246 e. The predicted octanol–water partition coefficient (Wildman–Crippen LogP) is 2.98. The predicted molar refractivity (Wildman–Crippen MR) is 125 cm³/mol. The van der Waals surface area contributed by atoms with E-state index in [1.165, 1.54) is 6.08 Å². The summed E-state index contributed by atoms with van der Waals surface area (Å²) in [5, 5.41) is 14.4. The Morgan fingerprint density at radius 1 is 1.19 bits per heavy atom. The van der Waals surface area contributed by atoms with Crippen molar-refractivity contribution in [1.82, 2.24) is 19.8 Å². The maximum Gasteiger partial charge on any atom is 0.246 e. The average Bonchev–Trinajstić information content (AvgIpc) is 3.60. The second-order valence-corrected chi connectivity index (χ2v) is 9.08. The molecule has 1 aliphatic carbocycles. The molecule has 5 rings (SSSR count). The molecule has 2 aromatic rings. The second-order valence-electron chi connectivity index (χ2n) is 8.67. The number of nitrogens with zero attached hydrogens (tertiary/aromatic N) is 5. The van der Waals surface area contributed by atoms with Crippen molar-refractivity contribution in [2.24, 2.45) is 0 Å². The minimum Gasteiger partial charge on any atom is -0.506 e. The second kappa shape index (κ2) is 8.60. The van der Waals surface area contributed by atoms with Gasteiger partial charge in [-0.25, -0.2) is 9.97 Å². The summed E-state index contributed by atoms with van der Waals surface area (Å²) in [7, 11) is 0. The molecule has 0 atom stereocenters. The van der Waals surface area contributed by atoms with Gasteiger partial charge in [-0.1, -0.05) is 18.2 Å². The van der Waals surface area contributed by atoms with Crippen molar-refractivity contribution >= 4 is 34.7 Å². The largest absolute Gasteiger partial charge is 0.506 e. The van der Waals surface area contributed by atoms with E-state index in [-0.39, 0.29) is 11.7 Å². The van der Waals surface area contributed by atoms with Gasteiger partial charge in [0.15, 0.2) is 5.82 Å². The molecule has 2 saturated heterocycles. The topological polar surface area (TPSA) is 84.8 Å². The molecular weight excluding hydrogens is 428 g/mol. The Morgan fingerprint density at radius 3 is 2.62 bits per heavy atom. The van der Waals surface area contributed by atoms with Gasteiger partial charge in [-0.15, -0.1) is 0 Å². The summed E-state index contributed by atoms with van der Waals surface area (Å²) in [5.41, 5.74) is 2.45. The summed E-state index contributed by atoms with van der Waals surface area (Å²) < 4.78 is 0. The molecule has 3 heterocycles. The lowest BCUT2D eigenvalue weighted by molar-refractivity contribution is -0.133. The Bertz CT molecular complexity index is 1030. The number of aromatic hydroxyl groups is 1. The van der Waals surface area contributed by atoms with Crippen LogP contribution in [0.15, 0.2) is 37.3 Å². The van der Waals surface area contributed by atoms with Crippen LogP contribution in [0.3, 0.4) is 0 Å². The van der Waals surface area contributed by atoms with Crippen molar-refractivity contribution in [2.75, 3.05) is 49.5 Å². The lowest BCUT2D eigenvalue weighted by atomic mass is 10.1. The fourth-order valence-electron chi connectivity index (χ4n) is 4.49. The number of phenols is 1. The molecule has 0 radical (unpaired) electrons. The maximum atomic E-state index is 11.7. The van der Waals surface area contributed by atoms with Crippen LogP contribution in [0.2, 0.25) is 5.02 Å². The summed E-state index contributed by atoms with van der Waals surface area (Å²) >= 11 is 6.33. The Kier molecular flexibility index (Phi) is 5.65. The molecule has 1 aromatic carbocycles. The zero-order chi connectivity index (χ0) is 22.2. The third-order valence-electron chi connectivity index (χ3n) is 6.57. The first-order chi connectivity index (χ1) is 15.5. The summed E-state index contributed by atoms with van der Waals surface area (Å²) in [4.78, 5) is 26.9. The van der Waals surface area contributed by atoms with Crippen LogP contribution < -0.4 is 10.2 Å². The van der Waals surface area contributed by atoms with Crippen LogP contribution >= 0.6 is 11.6 Å². The van der Waals surface area contributed by atoms with Gasteiger partial charge in [-0.2, -0.15) is 0 Å². The summed E-state index contributed by atoms with van der Waals surface area (Å²) in [6.45, 7) is 8.57. The first-order valence-corrected chi connectivity index (χ1v) is 11.4. The lowest BCUT2D eigenvalue weighted by Gasteiger charge is -2.48. The molecule has 168 valence electrons. The van der Waals surface area contributed by atoms with Crippen molar-refractivity contribution < 1.29 is 9.90 Å². The minimum absolute atomic E-state index is 0.00637. The zero-order valence-corrected chi connectivity index (χ0v) is 18.6. The highest BCUT2D eigenvalue weighted by atomic mass is 35.5. The Labute approximate surface area is 192 Å². The molecule has 1 amide bonds. The van der Waals surface area contributed by atoms with E-state index < -0.39 is 0 Å². The van der Waals surface area contributed by atoms with E-state index in [9.17, 15) is 9.90 Å². The summed E-state index contributed by atoms with van der Waals surface area (Å²) in [6, 6.07) is 3.96. The third kappa shape index (κ3) is 4.12. The van der Waals surface area contributed by atoms with Gasteiger partial charge in [0, 0.05) is 56.4 Å². The Hall–Kier alpha value is -2.84. The van der Waals surface area contributed by atoms with Gasteiger partial charge in [0.25, 0.3) is 0 Å². The van der Waals surface area contributed by atoms with Crippen LogP contribution in [0.1, 0.15) is 24.3 Å². The molecule has 3 fully saturated rings. The summed E-state index contributed by atoms with van der Waals surface area (Å²) in [5.74, 6) is 1.42. The molecule has 1 aromatic heterocycles. The Morgan fingerprint density at radius 2 is 1.94 bits per heavy atom. The van der Waals surface area contributed by atoms with Gasteiger partial charge in [0.2, 0.25) is 5.91 Å². The first kappa shape index (κ1) is 21.0. The van der Waals surface area contributed by atoms with Crippen LogP contribution in [0.4, 0.5) is 17.2 Å². The number of benzene rings is 1. The van der Waals surface area contributed by atoms with E-state index in [1.54, 1.807) is 18.6 Å². The van der Waals surface area contributed by atoms with Crippen molar-refractivity contribution in [1.29, 1.82) is 0 Å². The van der Waals surface area contributed by atoms with Gasteiger partial charge in [0.1, 0.15) is 17.8 Å². The van der Waals surface area contributed by atoms with E-state index in [2.05, 4.69) is 31.7 Å². The molecule has 0 unspecified atom stereocenters. The van der Waals surface area contributed by atoms with Crippen molar-refractivity contribution in [3.8, 4) is 5.75 Å². The highest BCUT2D eigenvalue weighted by molar-refractivity contribution is 6.31. The van der Waals surface area contributed by atoms with Crippen molar-refractivity contribution in [3.05, 3.63) is 47.9 Å². The number of halogens is 1. The molecule has 32 heavy (non-hydrogen) atoms. The number of hydrogen-bond acceptors (Lipinski definition) is 7. The number of aromatic nitrogens is 2. The standard InChI is InChI=1S/C23H27ClN6O2/c1-2-22(32)30-12-16(13-30)28-5-7-29(8-6-28)23-20(11-25-14-26-23)27-19-9-17(15-3-4-15)18(24)10-21(19)31/h2,9-11,14-16,27,31H,1,3-8,12-13H2. The van der Waals surface area contributed by atoms with Crippen LogP contribution in [0.5, 0.6) is 5.75 Å². The molecule has 8 nitrogen and oxygen atoms in total.